The quantitative estimate of drug-likeness (QED) is 0.737. The van der Waals surface area contributed by atoms with E-state index in [1.807, 2.05) is 43.4 Å². The molecule has 0 radical (unpaired) electrons. The van der Waals surface area contributed by atoms with Crippen molar-refractivity contribution in [2.45, 2.75) is 38.8 Å². The van der Waals surface area contributed by atoms with E-state index in [9.17, 15) is 4.79 Å². The Kier molecular flexibility index (Phi) is 4.22. The summed E-state index contributed by atoms with van der Waals surface area (Å²) in [5, 5.41) is 10.9. The molecule has 0 bridgehead atoms. The number of nitrogens with zero attached hydrogens (tertiary/aromatic N) is 4. The van der Waals surface area contributed by atoms with Crippen LogP contribution < -0.4 is 0 Å². The molecule has 1 aliphatic rings. The highest BCUT2D eigenvalue weighted by Crippen LogP contribution is 2.18. The van der Waals surface area contributed by atoms with Crippen molar-refractivity contribution in [3.63, 3.8) is 0 Å². The molecule has 0 N–H and O–H groups in total. The van der Waals surface area contributed by atoms with Gasteiger partial charge in [0.15, 0.2) is 5.82 Å². The lowest BCUT2D eigenvalue weighted by atomic mass is 10.1. The summed E-state index contributed by atoms with van der Waals surface area (Å²) in [4.78, 5) is 14.5. The molecule has 2 heterocycles. The average molecular weight is 334 g/mol. The fraction of sp³-hybridized carbons (Fsp3) is 0.350. The van der Waals surface area contributed by atoms with Gasteiger partial charge in [-0.1, -0.05) is 36.8 Å². The van der Waals surface area contributed by atoms with E-state index in [0.717, 1.165) is 41.8 Å². The third-order valence-corrected chi connectivity index (χ3v) is 4.91. The van der Waals surface area contributed by atoms with E-state index in [0.29, 0.717) is 12.1 Å². The van der Waals surface area contributed by atoms with Crippen LogP contribution in [0, 0.1) is 0 Å². The normalized spacial score (nSPS) is 14.1. The molecule has 1 amide bonds. The Morgan fingerprint density at radius 1 is 1.08 bits per heavy atom. The van der Waals surface area contributed by atoms with Crippen molar-refractivity contribution in [3.05, 3.63) is 59.7 Å². The molecule has 1 aliphatic heterocycles. The van der Waals surface area contributed by atoms with E-state index in [4.69, 9.17) is 0 Å². The minimum atomic E-state index is 0.0109. The summed E-state index contributed by atoms with van der Waals surface area (Å²) in [5.74, 6) is 1.95. The molecule has 128 valence electrons. The van der Waals surface area contributed by atoms with Gasteiger partial charge in [0.2, 0.25) is 0 Å². The highest BCUT2D eigenvalue weighted by atomic mass is 16.2. The fourth-order valence-corrected chi connectivity index (χ4v) is 3.49. The summed E-state index contributed by atoms with van der Waals surface area (Å²) in [5.41, 5.74) is 0.705. The summed E-state index contributed by atoms with van der Waals surface area (Å²) in [6, 6.07) is 13.9. The summed E-state index contributed by atoms with van der Waals surface area (Å²) < 4.78 is 2.19. The van der Waals surface area contributed by atoms with E-state index in [2.05, 4.69) is 20.8 Å². The van der Waals surface area contributed by atoms with Crippen LogP contribution >= 0.6 is 0 Å². The van der Waals surface area contributed by atoms with E-state index in [1.54, 1.807) is 4.90 Å². The van der Waals surface area contributed by atoms with Crippen molar-refractivity contribution in [2.24, 2.45) is 0 Å². The molecule has 1 aromatic heterocycles. The average Bonchev–Trinajstić information content (AvgIpc) is 2.87. The van der Waals surface area contributed by atoms with Crippen molar-refractivity contribution in [2.75, 3.05) is 7.05 Å². The molecule has 2 aromatic carbocycles. The Bertz CT molecular complexity index is 915. The molecule has 0 unspecified atom stereocenters. The maximum atomic E-state index is 12.8. The molecule has 0 aliphatic carbocycles. The smallest absolute Gasteiger partial charge is 0.254 e. The highest BCUT2D eigenvalue weighted by Gasteiger charge is 2.19. The van der Waals surface area contributed by atoms with Crippen LogP contribution in [0.3, 0.4) is 0 Å². The first-order chi connectivity index (χ1) is 12.2. The topological polar surface area (TPSA) is 51.0 Å². The molecular weight excluding hydrogens is 312 g/mol. The second-order valence-electron chi connectivity index (χ2n) is 6.72. The standard InChI is InChI=1S/C20H22N4O/c1-23(14-19-22-21-18-9-3-2-6-12-24(18)19)20(25)17-11-10-15-7-4-5-8-16(15)13-17/h4-5,7-8,10-11,13H,2-3,6,9,12,14H2,1H3. The number of aromatic nitrogens is 3. The Morgan fingerprint density at radius 3 is 2.80 bits per heavy atom. The molecule has 0 saturated heterocycles. The molecule has 25 heavy (non-hydrogen) atoms. The van der Waals surface area contributed by atoms with Crippen molar-refractivity contribution >= 4 is 16.7 Å². The summed E-state index contributed by atoms with van der Waals surface area (Å²) in [6.45, 7) is 1.44. The third-order valence-electron chi connectivity index (χ3n) is 4.91. The van der Waals surface area contributed by atoms with Crippen LogP contribution in [0.2, 0.25) is 0 Å². The lowest BCUT2D eigenvalue weighted by Gasteiger charge is -2.18. The Hall–Kier alpha value is -2.69. The second-order valence-corrected chi connectivity index (χ2v) is 6.72. The number of amides is 1. The predicted molar refractivity (Wildman–Crippen MR) is 97.3 cm³/mol. The molecule has 3 aromatic rings. The number of carbonyl (C=O) groups is 1. The third kappa shape index (κ3) is 3.14. The largest absolute Gasteiger partial charge is 0.334 e. The van der Waals surface area contributed by atoms with E-state index < -0.39 is 0 Å². The lowest BCUT2D eigenvalue weighted by molar-refractivity contribution is 0.0780. The number of rotatable bonds is 3. The van der Waals surface area contributed by atoms with Crippen molar-refractivity contribution in [1.82, 2.24) is 19.7 Å². The van der Waals surface area contributed by atoms with Crippen LogP contribution in [-0.2, 0) is 19.5 Å². The zero-order chi connectivity index (χ0) is 17.2. The minimum Gasteiger partial charge on any atom is -0.334 e. The van der Waals surface area contributed by atoms with Crippen LogP contribution in [0.4, 0.5) is 0 Å². The fourth-order valence-electron chi connectivity index (χ4n) is 3.49. The van der Waals surface area contributed by atoms with Gasteiger partial charge in [0.1, 0.15) is 5.82 Å². The van der Waals surface area contributed by atoms with E-state index in [1.165, 1.54) is 12.8 Å². The number of hydrogen-bond donors (Lipinski definition) is 0. The molecule has 0 saturated carbocycles. The highest BCUT2D eigenvalue weighted by molar-refractivity contribution is 5.98. The number of carbonyl (C=O) groups excluding carboxylic acids is 1. The van der Waals surface area contributed by atoms with Crippen molar-refractivity contribution in [3.8, 4) is 0 Å². The number of hydrogen-bond acceptors (Lipinski definition) is 3. The van der Waals surface area contributed by atoms with Gasteiger partial charge in [-0.15, -0.1) is 10.2 Å². The first-order valence-electron chi connectivity index (χ1n) is 8.87. The van der Waals surface area contributed by atoms with Crippen LogP contribution in [0.5, 0.6) is 0 Å². The van der Waals surface area contributed by atoms with E-state index >= 15 is 0 Å². The van der Waals surface area contributed by atoms with Gasteiger partial charge >= 0.3 is 0 Å². The van der Waals surface area contributed by atoms with Gasteiger partial charge in [0, 0.05) is 25.6 Å². The molecule has 5 nitrogen and oxygen atoms in total. The number of fused-ring (bicyclic) bond motifs is 2. The molecule has 0 atom stereocenters. The molecule has 0 fully saturated rings. The van der Waals surface area contributed by atoms with Crippen LogP contribution in [0.15, 0.2) is 42.5 Å². The first-order valence-corrected chi connectivity index (χ1v) is 8.87. The first kappa shape index (κ1) is 15.8. The number of aryl methyl sites for hydroxylation is 1. The Balaban J connectivity index is 1.55. The van der Waals surface area contributed by atoms with Gasteiger partial charge in [-0.25, -0.2) is 0 Å². The maximum Gasteiger partial charge on any atom is 0.254 e. The van der Waals surface area contributed by atoms with Gasteiger partial charge in [-0.3, -0.25) is 4.79 Å². The Labute approximate surface area is 147 Å². The van der Waals surface area contributed by atoms with Crippen LogP contribution in [-0.4, -0.2) is 32.6 Å². The van der Waals surface area contributed by atoms with Crippen molar-refractivity contribution < 1.29 is 4.79 Å². The van der Waals surface area contributed by atoms with Gasteiger partial charge in [0.05, 0.1) is 6.54 Å². The zero-order valence-electron chi connectivity index (χ0n) is 14.5. The van der Waals surface area contributed by atoms with Gasteiger partial charge in [0.25, 0.3) is 5.91 Å². The summed E-state index contributed by atoms with van der Waals surface area (Å²) in [7, 11) is 1.83. The van der Waals surface area contributed by atoms with Crippen molar-refractivity contribution in [1.29, 1.82) is 0 Å². The van der Waals surface area contributed by atoms with E-state index in [-0.39, 0.29) is 5.91 Å². The molecule has 0 spiro atoms. The zero-order valence-corrected chi connectivity index (χ0v) is 14.5. The predicted octanol–water partition coefficient (Wildman–Crippen LogP) is 3.43. The van der Waals surface area contributed by atoms with Crippen LogP contribution in [0.1, 0.15) is 41.3 Å². The summed E-state index contributed by atoms with van der Waals surface area (Å²) in [6.07, 6.45) is 4.54. The Morgan fingerprint density at radius 2 is 1.92 bits per heavy atom. The molecule has 5 heteroatoms. The van der Waals surface area contributed by atoms with Gasteiger partial charge in [-0.2, -0.15) is 0 Å². The van der Waals surface area contributed by atoms with Crippen LogP contribution in [0.25, 0.3) is 10.8 Å². The maximum absolute atomic E-state index is 12.8. The minimum absolute atomic E-state index is 0.0109. The molecule has 4 rings (SSSR count). The van der Waals surface area contributed by atoms with Gasteiger partial charge < -0.3 is 9.47 Å². The number of benzene rings is 2. The summed E-state index contributed by atoms with van der Waals surface area (Å²) >= 11 is 0. The SMILES string of the molecule is CN(Cc1nnc2n1CCCCC2)C(=O)c1ccc2ccccc2c1. The molecular formula is C20H22N4O. The van der Waals surface area contributed by atoms with Gasteiger partial charge in [-0.05, 0) is 35.7 Å². The monoisotopic (exact) mass is 334 g/mol. The second kappa shape index (κ2) is 6.67. The lowest BCUT2D eigenvalue weighted by Crippen LogP contribution is -2.28.